The zero-order chi connectivity index (χ0) is 9.10. The van der Waals surface area contributed by atoms with Crippen molar-refractivity contribution in [2.75, 3.05) is 6.61 Å². The summed E-state index contributed by atoms with van der Waals surface area (Å²) >= 11 is 0. The highest BCUT2D eigenvalue weighted by molar-refractivity contribution is 5.02. The van der Waals surface area contributed by atoms with Gasteiger partial charge in [-0.2, -0.15) is 5.10 Å². The largest absolute Gasteiger partial charge is 0.376 e. The number of nitrogens with two attached hydrogens (primary N) is 1. The molecule has 13 heavy (non-hydrogen) atoms. The summed E-state index contributed by atoms with van der Waals surface area (Å²) in [5.41, 5.74) is 6.57. The van der Waals surface area contributed by atoms with Crippen LogP contribution in [0.2, 0.25) is 0 Å². The molecule has 0 bridgehead atoms. The molecular formula is C9H15N3O. The smallest absolute Gasteiger partial charge is 0.0771 e. The van der Waals surface area contributed by atoms with Crippen molar-refractivity contribution < 1.29 is 4.74 Å². The molecule has 1 fully saturated rings. The Morgan fingerprint density at radius 1 is 1.69 bits per heavy atom. The van der Waals surface area contributed by atoms with Crippen LogP contribution in [0, 0.1) is 0 Å². The summed E-state index contributed by atoms with van der Waals surface area (Å²) in [5, 5.41) is 4.21. The third-order valence-electron chi connectivity index (χ3n) is 2.34. The van der Waals surface area contributed by atoms with Crippen molar-refractivity contribution in [2.45, 2.75) is 32.0 Å². The quantitative estimate of drug-likeness (QED) is 0.739. The van der Waals surface area contributed by atoms with E-state index in [0.717, 1.165) is 25.1 Å². The average Bonchev–Trinajstić information content (AvgIpc) is 2.76. The Morgan fingerprint density at radius 2 is 2.62 bits per heavy atom. The second-order valence-corrected chi connectivity index (χ2v) is 3.41. The van der Waals surface area contributed by atoms with Crippen LogP contribution in [0.3, 0.4) is 0 Å². The Bertz CT molecular complexity index is 266. The van der Waals surface area contributed by atoms with E-state index in [2.05, 4.69) is 5.10 Å². The summed E-state index contributed by atoms with van der Waals surface area (Å²) in [7, 11) is 0. The minimum atomic E-state index is 0.352. The Kier molecular flexibility index (Phi) is 2.61. The number of aromatic nitrogens is 2. The number of rotatable bonds is 3. The third-order valence-corrected chi connectivity index (χ3v) is 2.34. The maximum absolute atomic E-state index is 5.51. The first-order chi connectivity index (χ1) is 6.38. The summed E-state index contributed by atoms with van der Waals surface area (Å²) in [6.07, 6.45) is 6.48. The molecule has 1 atom stereocenters. The van der Waals surface area contributed by atoms with Gasteiger partial charge in [0.05, 0.1) is 18.8 Å². The molecule has 0 aromatic carbocycles. The first kappa shape index (κ1) is 8.72. The van der Waals surface area contributed by atoms with Crippen LogP contribution >= 0.6 is 0 Å². The molecule has 0 radical (unpaired) electrons. The lowest BCUT2D eigenvalue weighted by Crippen LogP contribution is -2.15. The Hall–Kier alpha value is -0.870. The molecule has 4 heteroatoms. The van der Waals surface area contributed by atoms with E-state index in [-0.39, 0.29) is 0 Å². The van der Waals surface area contributed by atoms with Gasteiger partial charge in [-0.25, -0.2) is 0 Å². The molecule has 2 N–H and O–H groups in total. The molecule has 1 aliphatic rings. The van der Waals surface area contributed by atoms with E-state index < -0.39 is 0 Å². The van der Waals surface area contributed by atoms with Crippen molar-refractivity contribution >= 4 is 0 Å². The highest BCUT2D eigenvalue weighted by Crippen LogP contribution is 2.13. The fourth-order valence-electron chi connectivity index (χ4n) is 1.61. The fraction of sp³-hybridized carbons (Fsp3) is 0.667. The number of hydrogen-bond acceptors (Lipinski definition) is 3. The predicted molar refractivity (Wildman–Crippen MR) is 49.1 cm³/mol. The van der Waals surface area contributed by atoms with Gasteiger partial charge in [0.15, 0.2) is 0 Å². The van der Waals surface area contributed by atoms with Crippen molar-refractivity contribution in [2.24, 2.45) is 5.73 Å². The Balaban J connectivity index is 1.92. The highest BCUT2D eigenvalue weighted by atomic mass is 16.5. The van der Waals surface area contributed by atoms with Gasteiger partial charge >= 0.3 is 0 Å². The monoisotopic (exact) mass is 181 g/mol. The first-order valence-electron chi connectivity index (χ1n) is 4.71. The lowest BCUT2D eigenvalue weighted by atomic mass is 10.2. The van der Waals surface area contributed by atoms with Crippen molar-refractivity contribution in [3.05, 3.63) is 18.0 Å². The van der Waals surface area contributed by atoms with E-state index in [4.69, 9.17) is 10.5 Å². The fourth-order valence-corrected chi connectivity index (χ4v) is 1.61. The van der Waals surface area contributed by atoms with Gasteiger partial charge in [-0.3, -0.25) is 4.68 Å². The maximum atomic E-state index is 5.51. The maximum Gasteiger partial charge on any atom is 0.0771 e. The predicted octanol–water partition coefficient (Wildman–Crippen LogP) is 0.521. The van der Waals surface area contributed by atoms with E-state index in [1.54, 1.807) is 0 Å². The molecule has 1 aromatic heterocycles. The van der Waals surface area contributed by atoms with Crippen LogP contribution in [0.1, 0.15) is 18.4 Å². The number of ether oxygens (including phenoxy) is 1. The van der Waals surface area contributed by atoms with E-state index in [9.17, 15) is 0 Å². The zero-order valence-corrected chi connectivity index (χ0v) is 7.65. The molecule has 2 rings (SSSR count). The average molecular weight is 181 g/mol. The van der Waals surface area contributed by atoms with Crippen LogP contribution in [0.5, 0.6) is 0 Å². The van der Waals surface area contributed by atoms with Crippen molar-refractivity contribution in [3.8, 4) is 0 Å². The van der Waals surface area contributed by atoms with Crippen molar-refractivity contribution in [1.29, 1.82) is 0 Å². The van der Waals surface area contributed by atoms with Gasteiger partial charge in [-0.05, 0) is 12.8 Å². The van der Waals surface area contributed by atoms with Gasteiger partial charge < -0.3 is 10.5 Å². The lowest BCUT2D eigenvalue weighted by Gasteiger charge is -2.08. The van der Waals surface area contributed by atoms with E-state index in [0.29, 0.717) is 12.6 Å². The molecule has 1 aromatic rings. The normalized spacial score (nSPS) is 22.4. The summed E-state index contributed by atoms with van der Waals surface area (Å²) in [4.78, 5) is 0. The highest BCUT2D eigenvalue weighted by Gasteiger charge is 2.15. The summed E-state index contributed by atoms with van der Waals surface area (Å²) in [6.45, 7) is 2.32. The van der Waals surface area contributed by atoms with Gasteiger partial charge in [0, 0.05) is 24.9 Å². The van der Waals surface area contributed by atoms with E-state index in [1.165, 1.54) is 6.42 Å². The third kappa shape index (κ3) is 2.08. The van der Waals surface area contributed by atoms with Gasteiger partial charge in [-0.15, -0.1) is 0 Å². The van der Waals surface area contributed by atoms with Crippen LogP contribution < -0.4 is 5.73 Å². The molecule has 4 nitrogen and oxygen atoms in total. The molecule has 0 aliphatic carbocycles. The van der Waals surface area contributed by atoms with Crippen LogP contribution in [-0.2, 0) is 17.8 Å². The SMILES string of the molecule is NCc1cnn(CC2CCCO2)c1. The van der Waals surface area contributed by atoms with Crippen LogP contribution in [-0.4, -0.2) is 22.5 Å². The molecular weight excluding hydrogens is 166 g/mol. The van der Waals surface area contributed by atoms with Gasteiger partial charge in [0.2, 0.25) is 0 Å². The zero-order valence-electron chi connectivity index (χ0n) is 7.65. The molecule has 0 amide bonds. The summed E-state index contributed by atoms with van der Waals surface area (Å²) in [5.74, 6) is 0. The van der Waals surface area contributed by atoms with Crippen LogP contribution in [0.4, 0.5) is 0 Å². The van der Waals surface area contributed by atoms with Crippen molar-refractivity contribution in [3.63, 3.8) is 0 Å². The minimum absolute atomic E-state index is 0.352. The van der Waals surface area contributed by atoms with E-state index in [1.807, 2.05) is 17.1 Å². The second kappa shape index (κ2) is 3.89. The molecule has 72 valence electrons. The second-order valence-electron chi connectivity index (χ2n) is 3.41. The molecule has 1 saturated heterocycles. The summed E-state index contributed by atoms with van der Waals surface area (Å²) < 4.78 is 7.42. The van der Waals surface area contributed by atoms with Crippen LogP contribution in [0.25, 0.3) is 0 Å². The van der Waals surface area contributed by atoms with Gasteiger partial charge in [0.1, 0.15) is 0 Å². The van der Waals surface area contributed by atoms with Crippen molar-refractivity contribution in [1.82, 2.24) is 9.78 Å². The molecule has 1 aliphatic heterocycles. The molecule has 1 unspecified atom stereocenters. The minimum Gasteiger partial charge on any atom is -0.376 e. The van der Waals surface area contributed by atoms with Gasteiger partial charge in [-0.1, -0.05) is 0 Å². The Labute approximate surface area is 77.7 Å². The topological polar surface area (TPSA) is 53.1 Å². The van der Waals surface area contributed by atoms with E-state index >= 15 is 0 Å². The first-order valence-corrected chi connectivity index (χ1v) is 4.71. The Morgan fingerprint density at radius 3 is 3.23 bits per heavy atom. The standard InChI is InChI=1S/C9H15N3O/c10-4-8-5-11-12(6-8)7-9-2-1-3-13-9/h5-6,9H,1-4,7,10H2. The molecule has 0 spiro atoms. The molecule has 0 saturated carbocycles. The molecule has 2 heterocycles. The van der Waals surface area contributed by atoms with Crippen LogP contribution in [0.15, 0.2) is 12.4 Å². The number of nitrogens with zero attached hydrogens (tertiary/aromatic N) is 2. The number of hydrogen-bond donors (Lipinski definition) is 1. The summed E-state index contributed by atoms with van der Waals surface area (Å²) in [6, 6.07) is 0. The van der Waals surface area contributed by atoms with Gasteiger partial charge in [0.25, 0.3) is 0 Å². The lowest BCUT2D eigenvalue weighted by molar-refractivity contribution is 0.0940.